The van der Waals surface area contributed by atoms with E-state index >= 15 is 0 Å². The molecule has 92 valence electrons. The third-order valence-corrected chi connectivity index (χ3v) is 3.01. The van der Waals surface area contributed by atoms with Gasteiger partial charge < -0.3 is 15.4 Å². The Labute approximate surface area is 105 Å². The van der Waals surface area contributed by atoms with E-state index in [1.54, 1.807) is 13.2 Å². The van der Waals surface area contributed by atoms with Crippen LogP contribution in [0.15, 0.2) is 18.2 Å². The van der Waals surface area contributed by atoms with E-state index in [0.29, 0.717) is 24.5 Å². The lowest BCUT2D eigenvalue weighted by atomic mass is 10.1. The van der Waals surface area contributed by atoms with Gasteiger partial charge in [0.2, 0.25) is 5.91 Å². The number of amides is 1. The number of halogens is 1. The summed E-state index contributed by atoms with van der Waals surface area (Å²) in [6.07, 6.45) is 0.499. The van der Waals surface area contributed by atoms with Gasteiger partial charge in [0.15, 0.2) is 0 Å². The van der Waals surface area contributed by atoms with Crippen molar-refractivity contribution in [3.63, 3.8) is 0 Å². The minimum atomic E-state index is -0.0985. The fourth-order valence-electron chi connectivity index (χ4n) is 1.93. The number of carbonyl (C=O) groups is 1. The lowest BCUT2D eigenvalue weighted by molar-refractivity contribution is -0.121. The summed E-state index contributed by atoms with van der Waals surface area (Å²) in [5, 5.41) is 6.81. The molecule has 1 aliphatic rings. The van der Waals surface area contributed by atoms with Crippen molar-refractivity contribution in [3.8, 4) is 5.75 Å². The van der Waals surface area contributed by atoms with Crippen molar-refractivity contribution in [2.75, 3.05) is 20.2 Å². The number of benzene rings is 1. The molecule has 0 aliphatic carbocycles. The van der Waals surface area contributed by atoms with Crippen molar-refractivity contribution in [2.24, 2.45) is 0 Å². The summed E-state index contributed by atoms with van der Waals surface area (Å²) in [5.74, 6) is 0.783. The number of ether oxygens (including phenoxy) is 1. The molecule has 0 aromatic heterocycles. The Morgan fingerprint density at radius 3 is 3.06 bits per heavy atom. The van der Waals surface area contributed by atoms with Gasteiger partial charge in [-0.1, -0.05) is 11.6 Å². The number of hydrogen-bond acceptors (Lipinski definition) is 3. The summed E-state index contributed by atoms with van der Waals surface area (Å²) in [6.45, 7) is 1.38. The number of carbonyl (C=O) groups excluding carboxylic acids is 1. The molecule has 1 aromatic carbocycles. The van der Waals surface area contributed by atoms with Gasteiger partial charge in [0.05, 0.1) is 13.2 Å². The van der Waals surface area contributed by atoms with Crippen LogP contribution in [0.3, 0.4) is 0 Å². The first-order chi connectivity index (χ1) is 8.20. The van der Waals surface area contributed by atoms with E-state index in [1.165, 1.54) is 0 Å². The monoisotopic (exact) mass is 254 g/mol. The fourth-order valence-corrected chi connectivity index (χ4v) is 2.11. The molecule has 4 nitrogen and oxygen atoms in total. The topological polar surface area (TPSA) is 50.4 Å². The minimum absolute atomic E-state index is 0.0435. The van der Waals surface area contributed by atoms with E-state index in [1.807, 2.05) is 12.1 Å². The molecule has 1 amide bonds. The predicted octanol–water partition coefficient (Wildman–Crippen LogP) is 1.50. The Bertz CT molecular complexity index is 423. The largest absolute Gasteiger partial charge is 0.496 e. The number of hydrogen-bond donors (Lipinski definition) is 2. The molecule has 2 rings (SSSR count). The van der Waals surface area contributed by atoms with E-state index in [9.17, 15) is 4.79 Å². The quantitative estimate of drug-likeness (QED) is 0.841. The Kier molecular flexibility index (Phi) is 3.86. The smallest absolute Gasteiger partial charge is 0.221 e. The molecule has 0 bridgehead atoms. The molecule has 1 unspecified atom stereocenters. The van der Waals surface area contributed by atoms with Crippen LogP contribution in [0.25, 0.3) is 0 Å². The molecule has 1 aliphatic heterocycles. The second-order valence-electron chi connectivity index (χ2n) is 3.96. The summed E-state index contributed by atoms with van der Waals surface area (Å²) >= 11 is 5.98. The molecule has 1 saturated heterocycles. The summed E-state index contributed by atoms with van der Waals surface area (Å²) in [6, 6.07) is 5.32. The van der Waals surface area contributed by atoms with Crippen molar-refractivity contribution >= 4 is 17.5 Å². The predicted molar refractivity (Wildman–Crippen MR) is 66.4 cm³/mol. The zero-order valence-electron chi connectivity index (χ0n) is 9.63. The maximum atomic E-state index is 11.5. The summed E-state index contributed by atoms with van der Waals surface area (Å²) in [5.41, 5.74) is 0.905. The van der Waals surface area contributed by atoms with Crippen LogP contribution in [0.2, 0.25) is 5.02 Å². The van der Waals surface area contributed by atoms with Crippen LogP contribution in [-0.2, 0) is 4.79 Å². The number of methoxy groups -OCH3 is 1. The molecule has 1 aromatic rings. The third kappa shape index (κ3) is 2.90. The highest BCUT2D eigenvalue weighted by molar-refractivity contribution is 6.30. The molecule has 0 saturated carbocycles. The van der Waals surface area contributed by atoms with Crippen molar-refractivity contribution < 1.29 is 9.53 Å². The first-order valence-corrected chi connectivity index (χ1v) is 5.92. The van der Waals surface area contributed by atoms with Gasteiger partial charge in [-0.3, -0.25) is 4.79 Å². The highest BCUT2D eigenvalue weighted by Gasteiger charge is 2.21. The normalized spacial score (nSPS) is 20.6. The number of nitrogens with one attached hydrogen (secondary N) is 2. The van der Waals surface area contributed by atoms with Crippen LogP contribution in [0, 0.1) is 0 Å². The molecule has 0 radical (unpaired) electrons. The van der Waals surface area contributed by atoms with Gasteiger partial charge in [0.25, 0.3) is 0 Å². The third-order valence-electron chi connectivity index (χ3n) is 2.78. The lowest BCUT2D eigenvalue weighted by Gasteiger charge is -2.19. The van der Waals surface area contributed by atoms with Crippen molar-refractivity contribution in [2.45, 2.75) is 12.5 Å². The average Bonchev–Trinajstić information content (AvgIpc) is 2.54. The van der Waals surface area contributed by atoms with E-state index in [-0.39, 0.29) is 11.9 Å². The van der Waals surface area contributed by atoms with E-state index < -0.39 is 0 Å². The van der Waals surface area contributed by atoms with Crippen LogP contribution >= 0.6 is 11.6 Å². The first-order valence-electron chi connectivity index (χ1n) is 5.54. The highest BCUT2D eigenvalue weighted by atomic mass is 35.5. The molecule has 1 heterocycles. The van der Waals surface area contributed by atoms with Crippen LogP contribution < -0.4 is 15.4 Å². The van der Waals surface area contributed by atoms with Gasteiger partial charge in [0, 0.05) is 30.1 Å². The van der Waals surface area contributed by atoms with Crippen LogP contribution in [0.1, 0.15) is 18.0 Å². The van der Waals surface area contributed by atoms with E-state index in [2.05, 4.69) is 10.6 Å². The molecular formula is C12H15ClN2O2. The van der Waals surface area contributed by atoms with Gasteiger partial charge in [-0.05, 0) is 18.2 Å². The van der Waals surface area contributed by atoms with Gasteiger partial charge >= 0.3 is 0 Å². The Balaban J connectivity index is 2.30. The van der Waals surface area contributed by atoms with Crippen LogP contribution in [0.5, 0.6) is 5.75 Å². The molecule has 1 atom stereocenters. The minimum Gasteiger partial charge on any atom is -0.496 e. The molecular weight excluding hydrogens is 240 g/mol. The Morgan fingerprint density at radius 2 is 2.29 bits per heavy atom. The van der Waals surface area contributed by atoms with E-state index in [4.69, 9.17) is 16.3 Å². The lowest BCUT2D eigenvalue weighted by Crippen LogP contribution is -2.30. The first kappa shape index (κ1) is 12.2. The molecule has 1 fully saturated rings. The van der Waals surface area contributed by atoms with Gasteiger partial charge in [0.1, 0.15) is 5.75 Å². The average molecular weight is 255 g/mol. The zero-order valence-corrected chi connectivity index (χ0v) is 10.4. The maximum Gasteiger partial charge on any atom is 0.221 e. The fraction of sp³-hybridized carbons (Fsp3) is 0.417. The van der Waals surface area contributed by atoms with Crippen LogP contribution in [-0.4, -0.2) is 26.1 Å². The van der Waals surface area contributed by atoms with Crippen molar-refractivity contribution in [1.82, 2.24) is 10.6 Å². The van der Waals surface area contributed by atoms with Gasteiger partial charge in [-0.15, -0.1) is 0 Å². The molecule has 0 spiro atoms. The summed E-state index contributed by atoms with van der Waals surface area (Å²) in [4.78, 5) is 11.5. The van der Waals surface area contributed by atoms with Gasteiger partial charge in [-0.2, -0.15) is 0 Å². The van der Waals surface area contributed by atoms with Crippen molar-refractivity contribution in [1.29, 1.82) is 0 Å². The second-order valence-corrected chi connectivity index (χ2v) is 4.40. The van der Waals surface area contributed by atoms with E-state index in [0.717, 1.165) is 11.3 Å². The molecule has 2 N–H and O–H groups in total. The van der Waals surface area contributed by atoms with Gasteiger partial charge in [-0.25, -0.2) is 0 Å². The second kappa shape index (κ2) is 5.38. The zero-order chi connectivity index (χ0) is 12.3. The highest BCUT2D eigenvalue weighted by Crippen LogP contribution is 2.28. The SMILES string of the molecule is COc1ccc(Cl)cc1C1CNCCC(=O)N1. The van der Waals surface area contributed by atoms with Crippen molar-refractivity contribution in [3.05, 3.63) is 28.8 Å². The molecule has 17 heavy (non-hydrogen) atoms. The molecule has 5 heteroatoms. The standard InChI is InChI=1S/C12H15ClN2O2/c1-17-11-3-2-8(13)6-9(11)10-7-14-5-4-12(16)15-10/h2-3,6,10,14H,4-5,7H2,1H3,(H,15,16). The Morgan fingerprint density at radius 1 is 1.47 bits per heavy atom. The number of rotatable bonds is 2. The summed E-state index contributed by atoms with van der Waals surface area (Å²) in [7, 11) is 1.61. The van der Waals surface area contributed by atoms with Crippen LogP contribution in [0.4, 0.5) is 0 Å². The summed E-state index contributed by atoms with van der Waals surface area (Å²) < 4.78 is 5.29. The Hall–Kier alpha value is -1.26. The maximum absolute atomic E-state index is 11.5.